The maximum absolute atomic E-state index is 14.2. The van der Waals surface area contributed by atoms with Gasteiger partial charge in [-0.05, 0) is 54.0 Å². The van der Waals surface area contributed by atoms with Crippen LogP contribution in [0.5, 0.6) is 0 Å². The number of amides is 2. The molecule has 2 aromatic heterocycles. The van der Waals surface area contributed by atoms with Crippen LogP contribution in [-0.2, 0) is 11.3 Å². The minimum atomic E-state index is -1.03. The maximum atomic E-state index is 14.2. The molecule has 0 bridgehead atoms. The van der Waals surface area contributed by atoms with Crippen molar-refractivity contribution in [1.29, 1.82) is 0 Å². The van der Waals surface area contributed by atoms with Gasteiger partial charge in [0.15, 0.2) is 5.13 Å². The van der Waals surface area contributed by atoms with Gasteiger partial charge in [-0.15, -0.1) is 11.3 Å². The third kappa shape index (κ3) is 6.54. The largest absolute Gasteiger partial charge is 0.318 e. The molecule has 5 rings (SSSR count). The van der Waals surface area contributed by atoms with Gasteiger partial charge in [0.1, 0.15) is 11.9 Å². The first kappa shape index (κ1) is 28.6. The van der Waals surface area contributed by atoms with Gasteiger partial charge in [0.25, 0.3) is 11.8 Å². The smallest absolute Gasteiger partial charge is 0.255 e. The Balaban J connectivity index is 1.40. The molecule has 0 saturated heterocycles. The van der Waals surface area contributed by atoms with E-state index in [-0.39, 0.29) is 12.5 Å². The van der Waals surface area contributed by atoms with Crippen molar-refractivity contribution in [3.8, 4) is 11.3 Å². The van der Waals surface area contributed by atoms with Crippen LogP contribution in [0.3, 0.4) is 0 Å². The lowest BCUT2D eigenvalue weighted by molar-refractivity contribution is -0.120. The zero-order valence-corrected chi connectivity index (χ0v) is 24.5. The number of thiazole rings is 1. The summed E-state index contributed by atoms with van der Waals surface area (Å²) in [6.45, 7) is 6.96. The minimum absolute atomic E-state index is 0.196. The van der Waals surface area contributed by atoms with E-state index in [4.69, 9.17) is 0 Å². The van der Waals surface area contributed by atoms with E-state index in [1.54, 1.807) is 36.0 Å². The molecule has 2 unspecified atom stereocenters. The number of hydrogen-bond donors (Lipinski definition) is 1. The van der Waals surface area contributed by atoms with Crippen molar-refractivity contribution in [3.63, 3.8) is 0 Å². The predicted octanol–water partition coefficient (Wildman–Crippen LogP) is 8.00. The molecule has 41 heavy (non-hydrogen) atoms. The first-order chi connectivity index (χ1) is 19.8. The second-order valence-electron chi connectivity index (χ2n) is 11.0. The highest BCUT2D eigenvalue weighted by Crippen LogP contribution is 2.35. The summed E-state index contributed by atoms with van der Waals surface area (Å²) in [7, 11) is 0. The van der Waals surface area contributed by atoms with Crippen molar-refractivity contribution in [2.75, 3.05) is 5.32 Å². The van der Waals surface area contributed by atoms with E-state index in [1.165, 1.54) is 46.8 Å². The number of pyridine rings is 1. The van der Waals surface area contributed by atoms with E-state index >= 15 is 0 Å². The molecule has 1 aliphatic rings. The molecule has 1 aliphatic heterocycles. The molecular formula is C33H35FN4O2S. The van der Waals surface area contributed by atoms with E-state index in [0.29, 0.717) is 33.8 Å². The van der Waals surface area contributed by atoms with Gasteiger partial charge in [-0.3, -0.25) is 19.9 Å². The zero-order chi connectivity index (χ0) is 28.9. The second-order valence-corrected chi connectivity index (χ2v) is 11.9. The molecule has 3 heterocycles. The number of anilines is 1. The Hall–Kier alpha value is -3.91. The average Bonchev–Trinajstić information content (AvgIpc) is 3.59. The predicted molar refractivity (Wildman–Crippen MR) is 161 cm³/mol. The average molecular weight is 571 g/mol. The van der Waals surface area contributed by atoms with Crippen molar-refractivity contribution >= 4 is 28.3 Å². The summed E-state index contributed by atoms with van der Waals surface area (Å²) in [6.07, 6.45) is 7.99. The van der Waals surface area contributed by atoms with Crippen molar-refractivity contribution in [1.82, 2.24) is 14.9 Å². The van der Waals surface area contributed by atoms with Crippen molar-refractivity contribution in [2.45, 2.75) is 65.0 Å². The van der Waals surface area contributed by atoms with Gasteiger partial charge in [-0.1, -0.05) is 70.0 Å². The van der Waals surface area contributed by atoms with Crippen LogP contribution in [-0.4, -0.2) is 26.7 Å². The van der Waals surface area contributed by atoms with Gasteiger partial charge < -0.3 is 4.90 Å². The van der Waals surface area contributed by atoms with Gasteiger partial charge >= 0.3 is 0 Å². The molecule has 8 heteroatoms. The SMILES string of the molecule is CCCC(CCC(C)C)c1ccc(-c2cc3c(cn2)CN(C(C(=O)Nc2nccs2)c2cccc(F)c2)C3=O)cc1. The molecule has 212 valence electrons. The Kier molecular flexibility index (Phi) is 8.88. The molecule has 2 amide bonds. The van der Waals surface area contributed by atoms with Crippen LogP contribution < -0.4 is 5.32 Å². The fourth-order valence-corrected chi connectivity index (χ4v) is 6.01. The molecule has 6 nitrogen and oxygen atoms in total. The molecule has 0 fully saturated rings. The monoisotopic (exact) mass is 570 g/mol. The van der Waals surface area contributed by atoms with E-state index in [1.807, 2.05) is 0 Å². The highest BCUT2D eigenvalue weighted by molar-refractivity contribution is 7.13. The van der Waals surface area contributed by atoms with Gasteiger partial charge in [0.2, 0.25) is 0 Å². The number of carbonyl (C=O) groups excluding carboxylic acids is 2. The van der Waals surface area contributed by atoms with E-state index in [0.717, 1.165) is 24.0 Å². The summed E-state index contributed by atoms with van der Waals surface area (Å²) in [4.78, 5) is 37.4. The molecular weight excluding hydrogens is 535 g/mol. The van der Waals surface area contributed by atoms with Crippen LogP contribution >= 0.6 is 11.3 Å². The van der Waals surface area contributed by atoms with Crippen LogP contribution in [0.2, 0.25) is 0 Å². The van der Waals surface area contributed by atoms with E-state index in [2.05, 4.69) is 60.3 Å². The van der Waals surface area contributed by atoms with Crippen LogP contribution in [0.4, 0.5) is 9.52 Å². The number of fused-ring (bicyclic) bond motifs is 1. The first-order valence-electron chi connectivity index (χ1n) is 14.2. The number of carbonyl (C=O) groups is 2. The molecule has 1 N–H and O–H groups in total. The van der Waals surface area contributed by atoms with Crippen LogP contribution in [0.15, 0.2) is 72.4 Å². The summed E-state index contributed by atoms with van der Waals surface area (Å²) >= 11 is 1.28. The van der Waals surface area contributed by atoms with E-state index in [9.17, 15) is 14.0 Å². The van der Waals surface area contributed by atoms with Crippen LogP contribution in [0.1, 0.15) is 85.5 Å². The lowest BCUT2D eigenvalue weighted by Gasteiger charge is -2.27. The number of hydrogen-bond acceptors (Lipinski definition) is 5. The van der Waals surface area contributed by atoms with Crippen LogP contribution in [0.25, 0.3) is 11.3 Å². The number of aromatic nitrogens is 2. The van der Waals surface area contributed by atoms with Crippen molar-refractivity contribution < 1.29 is 14.0 Å². The lowest BCUT2D eigenvalue weighted by atomic mass is 9.87. The topological polar surface area (TPSA) is 75.2 Å². The maximum Gasteiger partial charge on any atom is 0.255 e. The third-order valence-electron chi connectivity index (χ3n) is 7.61. The molecule has 4 aromatic rings. The highest BCUT2D eigenvalue weighted by atomic mass is 32.1. The lowest BCUT2D eigenvalue weighted by Crippen LogP contribution is -2.37. The number of benzene rings is 2. The van der Waals surface area contributed by atoms with E-state index < -0.39 is 17.8 Å². The summed E-state index contributed by atoms with van der Waals surface area (Å²) in [6, 6.07) is 15.1. The molecule has 0 aliphatic carbocycles. The fourth-order valence-electron chi connectivity index (χ4n) is 5.48. The Morgan fingerprint density at radius 2 is 1.85 bits per heavy atom. The Morgan fingerprint density at radius 1 is 1.05 bits per heavy atom. The highest BCUT2D eigenvalue weighted by Gasteiger charge is 2.38. The molecule has 0 spiro atoms. The Morgan fingerprint density at radius 3 is 2.54 bits per heavy atom. The quantitative estimate of drug-likeness (QED) is 0.198. The van der Waals surface area contributed by atoms with Gasteiger partial charge in [-0.25, -0.2) is 9.37 Å². The molecule has 0 saturated carbocycles. The molecule has 2 atom stereocenters. The molecule has 2 aromatic carbocycles. The van der Waals surface area contributed by atoms with Crippen LogP contribution in [0, 0.1) is 11.7 Å². The summed E-state index contributed by atoms with van der Waals surface area (Å²) in [5, 5.41) is 4.94. The second kappa shape index (κ2) is 12.7. The number of nitrogens with zero attached hydrogens (tertiary/aromatic N) is 3. The zero-order valence-electron chi connectivity index (χ0n) is 23.6. The van der Waals surface area contributed by atoms with Gasteiger partial charge in [0, 0.05) is 41.0 Å². The summed E-state index contributed by atoms with van der Waals surface area (Å²) < 4.78 is 14.2. The van der Waals surface area contributed by atoms with Gasteiger partial charge in [0.05, 0.1) is 5.69 Å². The molecule has 0 radical (unpaired) electrons. The standard InChI is InChI=1S/C33H35FN4O2S/c1-4-6-22(10-9-21(2)3)23-11-13-24(14-12-23)29-18-28-26(19-36-29)20-38(32(28)40)30(25-7-5-8-27(34)17-25)31(39)37-33-35-15-16-41-33/h5,7-8,11-19,21-22,30H,4,6,9-10,20H2,1-3H3,(H,35,37,39). The van der Waals surface area contributed by atoms with Crippen molar-refractivity contribution in [3.05, 3.63) is 100 Å². The first-order valence-corrected chi connectivity index (χ1v) is 15.1. The Labute approximate surface area is 244 Å². The Bertz CT molecular complexity index is 1500. The van der Waals surface area contributed by atoms with Crippen molar-refractivity contribution in [2.24, 2.45) is 5.92 Å². The minimum Gasteiger partial charge on any atom is -0.318 e. The fraction of sp³-hybridized carbons (Fsp3) is 0.333. The summed E-state index contributed by atoms with van der Waals surface area (Å²) in [5.74, 6) is 0.00160. The normalized spacial score (nSPS) is 14.3. The third-order valence-corrected chi connectivity index (χ3v) is 8.30. The number of nitrogens with one attached hydrogen (secondary N) is 1. The van der Waals surface area contributed by atoms with Gasteiger partial charge in [-0.2, -0.15) is 0 Å². The number of rotatable bonds is 11. The number of halogens is 1. The summed E-state index contributed by atoms with van der Waals surface area (Å²) in [5.41, 5.74) is 4.60.